The Bertz CT molecular complexity index is 1270. The summed E-state index contributed by atoms with van der Waals surface area (Å²) in [5.41, 5.74) is 3.82. The average molecular weight is 605 g/mol. The number of allylic oxidation sites excluding steroid dienone is 2. The van der Waals surface area contributed by atoms with Crippen molar-refractivity contribution >= 4 is 36.0 Å². The third-order valence-corrected chi connectivity index (χ3v) is 4.88. The second kappa shape index (κ2) is 26.6. The highest BCUT2D eigenvalue weighted by Crippen LogP contribution is 2.09. The summed E-state index contributed by atoms with van der Waals surface area (Å²) < 4.78 is 9.28. The van der Waals surface area contributed by atoms with Crippen molar-refractivity contribution in [3.63, 3.8) is 0 Å². The molecule has 2 aromatic carbocycles. The van der Waals surface area contributed by atoms with Gasteiger partial charge in [-0.15, -0.1) is 0 Å². The van der Waals surface area contributed by atoms with Crippen LogP contribution in [0.4, 0.5) is 0 Å². The third-order valence-electron chi connectivity index (χ3n) is 4.88. The highest BCUT2D eigenvalue weighted by atomic mass is 16.5. The number of carboxylic acids is 2. The Hall–Kier alpha value is -5.24. The zero-order valence-electron chi connectivity index (χ0n) is 26.0. The van der Waals surface area contributed by atoms with Gasteiger partial charge in [0, 0.05) is 17.7 Å². The first-order valence-corrected chi connectivity index (χ1v) is 13.8. The van der Waals surface area contributed by atoms with Crippen LogP contribution in [0.15, 0.2) is 121 Å². The highest BCUT2D eigenvalue weighted by molar-refractivity contribution is 5.94. The van der Waals surface area contributed by atoms with E-state index in [9.17, 15) is 19.2 Å². The number of carboxylic acid groups (broad SMARTS) is 2. The number of hydrogen-bond acceptors (Lipinski definition) is 6. The lowest BCUT2D eigenvalue weighted by Crippen LogP contribution is -2.06. The Morgan fingerprint density at radius 2 is 1.34 bits per heavy atom. The molecule has 0 aliphatic rings. The number of aliphatic carboxylic acids is 2. The molecule has 0 saturated carbocycles. The van der Waals surface area contributed by atoms with Crippen molar-refractivity contribution in [3.05, 3.63) is 133 Å². The van der Waals surface area contributed by atoms with E-state index in [2.05, 4.69) is 103 Å². The van der Waals surface area contributed by atoms with Crippen LogP contribution in [-0.2, 0) is 28.7 Å². The minimum atomic E-state index is -1.08. The molecule has 2 rings (SSSR count). The Morgan fingerprint density at radius 3 is 1.77 bits per heavy atom. The first-order chi connectivity index (χ1) is 20.9. The first-order valence-electron chi connectivity index (χ1n) is 13.8. The molecule has 0 spiro atoms. The second-order valence-electron chi connectivity index (χ2n) is 8.69. The second-order valence-corrected chi connectivity index (χ2v) is 8.69. The predicted molar refractivity (Wildman–Crippen MR) is 177 cm³/mol. The van der Waals surface area contributed by atoms with E-state index in [0.29, 0.717) is 6.61 Å². The first kappa shape index (κ1) is 40.9. The Balaban J connectivity index is 0. The number of carbonyl (C=O) groups is 4. The van der Waals surface area contributed by atoms with Crippen molar-refractivity contribution in [2.45, 2.75) is 40.5 Å². The van der Waals surface area contributed by atoms with Crippen molar-refractivity contribution in [2.24, 2.45) is 0 Å². The van der Waals surface area contributed by atoms with Gasteiger partial charge in [-0.2, -0.15) is 0 Å². The highest BCUT2D eigenvalue weighted by Gasteiger charge is 2.07. The summed E-state index contributed by atoms with van der Waals surface area (Å²) in [6.07, 6.45) is 11.6. The maximum absolute atomic E-state index is 10.9. The molecule has 0 fully saturated rings. The largest absolute Gasteiger partial charge is 0.478 e. The van der Waals surface area contributed by atoms with Gasteiger partial charge >= 0.3 is 23.9 Å². The lowest BCUT2D eigenvalue weighted by atomic mass is 10.1. The molecule has 0 heterocycles. The monoisotopic (exact) mass is 604 g/mol. The molecule has 0 amide bonds. The summed E-state index contributed by atoms with van der Waals surface area (Å²) in [6, 6.07) is 20.7. The van der Waals surface area contributed by atoms with Gasteiger partial charge < -0.3 is 19.7 Å². The van der Waals surface area contributed by atoms with E-state index in [-0.39, 0.29) is 23.7 Å². The molecule has 0 atom stereocenters. The van der Waals surface area contributed by atoms with Gasteiger partial charge in [0.25, 0.3) is 0 Å². The van der Waals surface area contributed by atoms with Gasteiger partial charge in [-0.1, -0.05) is 118 Å². The van der Waals surface area contributed by atoms with Gasteiger partial charge in [0.05, 0.1) is 18.8 Å². The van der Waals surface area contributed by atoms with Crippen molar-refractivity contribution in [1.82, 2.24) is 0 Å². The predicted octanol–water partition coefficient (Wildman–Crippen LogP) is 7.71. The molecule has 0 unspecified atom stereocenters. The number of carbonyl (C=O) groups excluding carboxylic acids is 2. The molecule has 0 aliphatic carbocycles. The molecule has 0 bridgehead atoms. The summed E-state index contributed by atoms with van der Waals surface area (Å²) in [7, 11) is 0. The van der Waals surface area contributed by atoms with Gasteiger partial charge in [-0.3, -0.25) is 0 Å². The van der Waals surface area contributed by atoms with Crippen molar-refractivity contribution in [3.8, 4) is 0 Å². The van der Waals surface area contributed by atoms with E-state index in [0.717, 1.165) is 18.9 Å². The van der Waals surface area contributed by atoms with Crippen LogP contribution in [-0.4, -0.2) is 47.3 Å². The van der Waals surface area contributed by atoms with Crippen molar-refractivity contribution < 1.29 is 38.9 Å². The summed E-state index contributed by atoms with van der Waals surface area (Å²) in [4.78, 5) is 40.9. The molecule has 8 heteroatoms. The maximum Gasteiger partial charge on any atom is 0.337 e. The van der Waals surface area contributed by atoms with Gasteiger partial charge in [0.1, 0.15) is 0 Å². The minimum absolute atomic E-state index is 0.0433. The lowest BCUT2D eigenvalue weighted by molar-refractivity contribution is -0.138. The number of hydrogen-bond donors (Lipinski definition) is 2. The van der Waals surface area contributed by atoms with Crippen LogP contribution in [0.25, 0.3) is 12.2 Å². The molecule has 44 heavy (non-hydrogen) atoms. The molecule has 236 valence electrons. The van der Waals surface area contributed by atoms with Crippen LogP contribution >= 0.6 is 0 Å². The standard InChI is InChI=1S/C17H16.C9H12O4.C7H12O2.C3H4O2/c1-15(14-17-10-6-3-7-11-17)12-13-16-8-4-2-5-9-16;1-4-13-9(12)7(3)5-6(2)8(10)11;1-3-5-6-9-7(8)4-2;1-2-3(4)5/h2-14H,1H3;5H,3-4H2,1-2H3,(H,10,11);4H,2-3,5-6H2,1H3;2H,1H2,(H,4,5). The molecular formula is C36H44O8. The quantitative estimate of drug-likeness (QED) is 0.109. The van der Waals surface area contributed by atoms with Gasteiger partial charge in [0.2, 0.25) is 0 Å². The number of ether oxygens (including phenoxy) is 2. The summed E-state index contributed by atoms with van der Waals surface area (Å²) >= 11 is 0. The zero-order chi connectivity index (χ0) is 33.8. The Labute approximate surface area is 261 Å². The summed E-state index contributed by atoms with van der Waals surface area (Å²) in [6.45, 7) is 17.6. The maximum atomic E-state index is 10.9. The van der Waals surface area contributed by atoms with E-state index in [4.69, 9.17) is 10.2 Å². The van der Waals surface area contributed by atoms with Crippen LogP contribution in [0.1, 0.15) is 51.7 Å². The number of benzene rings is 2. The van der Waals surface area contributed by atoms with Crippen LogP contribution in [0.3, 0.4) is 0 Å². The number of rotatable bonds is 12. The lowest BCUT2D eigenvalue weighted by Gasteiger charge is -2.00. The zero-order valence-corrected chi connectivity index (χ0v) is 26.0. The van der Waals surface area contributed by atoms with E-state index >= 15 is 0 Å². The average Bonchev–Trinajstić information content (AvgIpc) is 3.02. The van der Waals surface area contributed by atoms with E-state index in [1.165, 1.54) is 35.8 Å². The van der Waals surface area contributed by atoms with Crippen molar-refractivity contribution in [1.29, 1.82) is 0 Å². The number of unbranched alkanes of at least 4 members (excludes halogenated alkanes) is 1. The molecule has 2 N–H and O–H groups in total. The van der Waals surface area contributed by atoms with Gasteiger partial charge in [-0.25, -0.2) is 19.2 Å². The Kier molecular flexibility index (Phi) is 24.8. The van der Waals surface area contributed by atoms with Crippen LogP contribution in [0, 0.1) is 0 Å². The fourth-order valence-electron chi connectivity index (χ4n) is 2.63. The normalized spacial score (nSPS) is 10.3. The SMILES string of the molecule is C=C(C=C(C)C(=O)O)C(=O)OCC.C=CC(=O)O.C=CC(=O)OCCCC.CC(C=Cc1ccccc1)=Cc1ccccc1. The minimum Gasteiger partial charge on any atom is -0.478 e. The molecule has 8 nitrogen and oxygen atoms in total. The molecule has 0 aromatic heterocycles. The molecule has 2 aromatic rings. The van der Waals surface area contributed by atoms with Gasteiger partial charge in [0.15, 0.2) is 0 Å². The topological polar surface area (TPSA) is 127 Å². The van der Waals surface area contributed by atoms with E-state index in [1.54, 1.807) is 6.92 Å². The summed E-state index contributed by atoms with van der Waals surface area (Å²) in [5, 5.41) is 16.1. The molecule has 0 radical (unpaired) electrons. The Morgan fingerprint density at radius 1 is 0.818 bits per heavy atom. The molecule has 0 saturated heterocycles. The molecular weight excluding hydrogens is 560 g/mol. The fraction of sp³-hybridized carbons (Fsp3) is 0.222. The van der Waals surface area contributed by atoms with Crippen LogP contribution in [0.2, 0.25) is 0 Å². The van der Waals surface area contributed by atoms with Gasteiger partial charge in [-0.05, 0) is 44.4 Å². The van der Waals surface area contributed by atoms with E-state index in [1.807, 2.05) is 19.1 Å². The van der Waals surface area contributed by atoms with Crippen molar-refractivity contribution in [2.75, 3.05) is 13.2 Å². The number of esters is 2. The summed E-state index contributed by atoms with van der Waals surface area (Å²) in [5.74, 6) is -2.98. The smallest absolute Gasteiger partial charge is 0.337 e. The van der Waals surface area contributed by atoms with Crippen LogP contribution < -0.4 is 0 Å². The third kappa shape index (κ3) is 24.5. The van der Waals surface area contributed by atoms with E-state index < -0.39 is 17.9 Å². The fourth-order valence-corrected chi connectivity index (χ4v) is 2.63. The molecule has 0 aliphatic heterocycles. The van der Waals surface area contributed by atoms with Crippen LogP contribution in [0.5, 0.6) is 0 Å².